The minimum atomic E-state index is 0.405. The number of benzene rings is 1. The first-order chi connectivity index (χ1) is 7.70. The van der Waals surface area contributed by atoms with Gasteiger partial charge in [-0.15, -0.1) is 0 Å². The maximum atomic E-state index is 5.91. The Hall–Kier alpha value is -0.250. The number of hydrogen-bond donors (Lipinski definition) is 1. The first kappa shape index (κ1) is 12.2. The predicted molar refractivity (Wildman–Crippen MR) is 71.2 cm³/mol. The van der Waals surface area contributed by atoms with Gasteiger partial charge in [0.25, 0.3) is 0 Å². The molecule has 0 radical (unpaired) electrons. The summed E-state index contributed by atoms with van der Waals surface area (Å²) in [7, 11) is 1.74. The summed E-state index contributed by atoms with van der Waals surface area (Å²) in [6, 6.07) is 6.20. The summed E-state index contributed by atoms with van der Waals surface area (Å²) in [5, 5.41) is 4.25. The molecule has 1 aromatic rings. The molecule has 0 saturated heterocycles. The van der Waals surface area contributed by atoms with Crippen molar-refractivity contribution in [2.45, 2.75) is 18.9 Å². The van der Waals surface area contributed by atoms with Crippen LogP contribution in [0.2, 0.25) is 5.02 Å². The highest BCUT2D eigenvalue weighted by molar-refractivity contribution is 9.10. The molecule has 1 unspecified atom stereocenters. The van der Waals surface area contributed by atoms with Crippen LogP contribution in [0.3, 0.4) is 0 Å². The van der Waals surface area contributed by atoms with Gasteiger partial charge in [-0.25, -0.2) is 0 Å². The van der Waals surface area contributed by atoms with E-state index in [-0.39, 0.29) is 0 Å². The molecule has 1 fully saturated rings. The molecule has 1 aromatic carbocycles. The molecule has 0 amide bonds. The van der Waals surface area contributed by atoms with Crippen LogP contribution in [0.4, 0.5) is 5.69 Å². The molecular weight excluding hydrogens is 289 g/mol. The van der Waals surface area contributed by atoms with Gasteiger partial charge in [0.2, 0.25) is 0 Å². The van der Waals surface area contributed by atoms with E-state index in [1.807, 2.05) is 18.2 Å². The Balaban J connectivity index is 2.05. The maximum Gasteiger partial charge on any atom is 0.0666 e. The minimum absolute atomic E-state index is 0.405. The van der Waals surface area contributed by atoms with Crippen molar-refractivity contribution in [2.75, 3.05) is 19.0 Å². The van der Waals surface area contributed by atoms with Crippen LogP contribution in [-0.2, 0) is 4.74 Å². The predicted octanol–water partition coefficient (Wildman–Crippen LogP) is 3.94. The Morgan fingerprint density at radius 1 is 1.56 bits per heavy atom. The van der Waals surface area contributed by atoms with Crippen LogP contribution >= 0.6 is 27.5 Å². The maximum absolute atomic E-state index is 5.91. The van der Waals surface area contributed by atoms with Crippen molar-refractivity contribution in [1.82, 2.24) is 0 Å². The van der Waals surface area contributed by atoms with E-state index < -0.39 is 0 Å². The van der Waals surface area contributed by atoms with Gasteiger partial charge in [-0.3, -0.25) is 0 Å². The highest BCUT2D eigenvalue weighted by atomic mass is 79.9. The molecule has 0 aromatic heterocycles. The number of anilines is 1. The Bertz CT molecular complexity index is 368. The lowest BCUT2D eigenvalue weighted by Gasteiger charge is -2.19. The Morgan fingerprint density at radius 2 is 2.31 bits per heavy atom. The lowest BCUT2D eigenvalue weighted by molar-refractivity contribution is 0.179. The summed E-state index contributed by atoms with van der Waals surface area (Å²) in [6.45, 7) is 0.750. The number of rotatable bonds is 5. The van der Waals surface area contributed by atoms with Gasteiger partial charge in [-0.1, -0.05) is 11.6 Å². The van der Waals surface area contributed by atoms with Crippen LogP contribution in [0.25, 0.3) is 0 Å². The van der Waals surface area contributed by atoms with E-state index in [9.17, 15) is 0 Å². The Labute approximate surface area is 109 Å². The largest absolute Gasteiger partial charge is 0.383 e. The monoisotopic (exact) mass is 303 g/mol. The van der Waals surface area contributed by atoms with E-state index in [0.29, 0.717) is 6.04 Å². The third-order valence-corrected chi connectivity index (χ3v) is 3.70. The standard InChI is InChI=1S/C12H15BrClNO/c1-16-7-12(8-2-3-8)15-11-5-4-9(14)6-10(11)13/h4-6,8,12,15H,2-3,7H2,1H3. The second-order valence-electron chi connectivity index (χ2n) is 4.17. The molecule has 0 heterocycles. The molecule has 0 aliphatic heterocycles. The fraction of sp³-hybridized carbons (Fsp3) is 0.500. The molecule has 4 heteroatoms. The van der Waals surface area contributed by atoms with E-state index in [4.69, 9.17) is 16.3 Å². The third-order valence-electron chi connectivity index (χ3n) is 2.81. The molecule has 1 aliphatic rings. The Kier molecular flexibility index (Phi) is 4.11. The average Bonchev–Trinajstić information content (AvgIpc) is 3.04. The molecule has 1 aliphatic carbocycles. The number of ether oxygens (including phenoxy) is 1. The summed E-state index contributed by atoms with van der Waals surface area (Å²) in [4.78, 5) is 0. The van der Waals surface area contributed by atoms with Gasteiger partial charge in [-0.2, -0.15) is 0 Å². The van der Waals surface area contributed by atoms with E-state index >= 15 is 0 Å². The number of hydrogen-bond acceptors (Lipinski definition) is 2. The topological polar surface area (TPSA) is 21.3 Å². The van der Waals surface area contributed by atoms with E-state index in [0.717, 1.165) is 27.7 Å². The van der Waals surface area contributed by atoms with Crippen molar-refractivity contribution in [2.24, 2.45) is 5.92 Å². The molecule has 1 N–H and O–H groups in total. The second kappa shape index (κ2) is 5.39. The number of halogens is 2. The summed E-state index contributed by atoms with van der Waals surface area (Å²) in [5.41, 5.74) is 1.08. The number of methoxy groups -OCH3 is 1. The molecule has 2 nitrogen and oxygen atoms in total. The van der Waals surface area contributed by atoms with Gasteiger partial charge in [0.15, 0.2) is 0 Å². The lowest BCUT2D eigenvalue weighted by Crippen LogP contribution is -2.27. The summed E-state index contributed by atoms with van der Waals surface area (Å²) < 4.78 is 6.24. The SMILES string of the molecule is COCC(Nc1ccc(Cl)cc1Br)C1CC1. The smallest absolute Gasteiger partial charge is 0.0666 e. The summed E-state index contributed by atoms with van der Waals surface area (Å²) in [6.07, 6.45) is 2.60. The van der Waals surface area contributed by atoms with Gasteiger partial charge in [0, 0.05) is 22.3 Å². The highest BCUT2D eigenvalue weighted by Crippen LogP contribution is 2.36. The van der Waals surface area contributed by atoms with Gasteiger partial charge in [-0.05, 0) is 52.9 Å². The van der Waals surface area contributed by atoms with Gasteiger partial charge in [0.05, 0.1) is 12.6 Å². The summed E-state index contributed by atoms with van der Waals surface area (Å²) in [5.74, 6) is 0.752. The second-order valence-corrected chi connectivity index (χ2v) is 5.46. The molecule has 88 valence electrons. The van der Waals surface area contributed by atoms with Crippen molar-refractivity contribution in [1.29, 1.82) is 0 Å². The van der Waals surface area contributed by atoms with Gasteiger partial charge in [0.1, 0.15) is 0 Å². The lowest BCUT2D eigenvalue weighted by atomic mass is 10.2. The summed E-state index contributed by atoms with van der Waals surface area (Å²) >= 11 is 9.42. The molecular formula is C12H15BrClNO. The third kappa shape index (κ3) is 3.12. The highest BCUT2D eigenvalue weighted by Gasteiger charge is 2.31. The van der Waals surface area contributed by atoms with Crippen molar-refractivity contribution < 1.29 is 4.74 Å². The number of nitrogens with one attached hydrogen (secondary N) is 1. The van der Waals surface area contributed by atoms with Crippen LogP contribution in [0.1, 0.15) is 12.8 Å². The van der Waals surface area contributed by atoms with Crippen molar-refractivity contribution >= 4 is 33.2 Å². The molecule has 2 rings (SSSR count). The fourth-order valence-electron chi connectivity index (χ4n) is 1.78. The van der Waals surface area contributed by atoms with Crippen LogP contribution in [0, 0.1) is 5.92 Å². The molecule has 0 bridgehead atoms. The van der Waals surface area contributed by atoms with Gasteiger partial charge >= 0.3 is 0 Å². The van der Waals surface area contributed by atoms with E-state index in [1.165, 1.54) is 12.8 Å². The normalized spacial score (nSPS) is 17.2. The zero-order valence-corrected chi connectivity index (χ0v) is 11.5. The van der Waals surface area contributed by atoms with Crippen molar-refractivity contribution in [3.05, 3.63) is 27.7 Å². The first-order valence-electron chi connectivity index (χ1n) is 5.41. The molecule has 0 spiro atoms. The Morgan fingerprint density at radius 3 is 2.88 bits per heavy atom. The van der Waals surface area contributed by atoms with E-state index in [1.54, 1.807) is 7.11 Å². The van der Waals surface area contributed by atoms with Crippen molar-refractivity contribution in [3.63, 3.8) is 0 Å². The van der Waals surface area contributed by atoms with Crippen LogP contribution in [0.5, 0.6) is 0 Å². The minimum Gasteiger partial charge on any atom is -0.383 e. The average molecular weight is 305 g/mol. The van der Waals surface area contributed by atoms with Crippen molar-refractivity contribution in [3.8, 4) is 0 Å². The first-order valence-corrected chi connectivity index (χ1v) is 6.58. The van der Waals surface area contributed by atoms with E-state index in [2.05, 4.69) is 21.2 Å². The molecule has 1 saturated carbocycles. The molecule has 16 heavy (non-hydrogen) atoms. The van der Waals surface area contributed by atoms with Crippen LogP contribution < -0.4 is 5.32 Å². The zero-order chi connectivity index (χ0) is 11.5. The molecule has 1 atom stereocenters. The van der Waals surface area contributed by atoms with Crippen LogP contribution in [-0.4, -0.2) is 19.8 Å². The zero-order valence-electron chi connectivity index (χ0n) is 9.17. The quantitative estimate of drug-likeness (QED) is 0.889. The fourth-order valence-corrected chi connectivity index (χ4v) is 2.58. The van der Waals surface area contributed by atoms with Gasteiger partial charge < -0.3 is 10.1 Å². The van der Waals surface area contributed by atoms with Crippen LogP contribution in [0.15, 0.2) is 22.7 Å².